The molecular weight excluding hydrogens is 697 g/mol. The Kier molecular flexibility index (Phi) is 14.4. The van der Waals surface area contributed by atoms with Gasteiger partial charge in [0.25, 0.3) is 11.8 Å². The number of unbranched alkanes of at least 4 members (excludes halogenated alkanes) is 4. The maximum absolute atomic E-state index is 13.2. The van der Waals surface area contributed by atoms with Crippen molar-refractivity contribution in [2.24, 2.45) is 0 Å². The van der Waals surface area contributed by atoms with E-state index in [4.69, 9.17) is 15.1 Å². The molecule has 19 heteroatoms. The zero-order chi connectivity index (χ0) is 36.3. The van der Waals surface area contributed by atoms with Crippen molar-refractivity contribution in [3.63, 3.8) is 0 Å². The predicted octanol–water partition coefficient (Wildman–Crippen LogP) is 1.25. The van der Waals surface area contributed by atoms with E-state index in [0.717, 1.165) is 25.0 Å². The van der Waals surface area contributed by atoms with Crippen molar-refractivity contribution in [3.05, 3.63) is 0 Å². The molecule has 278 valence electrons. The molecule has 5 saturated heterocycles. The van der Waals surface area contributed by atoms with Gasteiger partial charge >= 0.3 is 30.0 Å². The Labute approximate surface area is 297 Å². The number of carbonyl (C=O) groups excluding carboxylic acids is 6. The number of urea groups is 2. The van der Waals surface area contributed by atoms with E-state index in [2.05, 4.69) is 26.6 Å². The first-order valence-corrected chi connectivity index (χ1v) is 19.1. The minimum Gasteiger partial charge on any atom is -0.481 e. The summed E-state index contributed by atoms with van der Waals surface area (Å²) in [7, 11) is 0. The third-order valence-corrected chi connectivity index (χ3v) is 12.4. The molecule has 5 aliphatic rings. The van der Waals surface area contributed by atoms with Crippen LogP contribution in [0.1, 0.15) is 89.9 Å². The van der Waals surface area contributed by atoms with Gasteiger partial charge in [-0.05, 0) is 38.5 Å². The summed E-state index contributed by atoms with van der Waals surface area (Å²) < 4.78 is -0.860. The number of hydroxylamine groups is 2. The van der Waals surface area contributed by atoms with Gasteiger partial charge in [0.2, 0.25) is 5.91 Å². The molecular formula is C31H46N6O11S2. The van der Waals surface area contributed by atoms with Crippen LogP contribution < -0.4 is 26.6 Å². The molecule has 5 aliphatic heterocycles. The van der Waals surface area contributed by atoms with E-state index >= 15 is 0 Å². The van der Waals surface area contributed by atoms with Crippen LogP contribution in [0.15, 0.2) is 0 Å². The van der Waals surface area contributed by atoms with E-state index in [1.807, 2.05) is 11.8 Å². The fourth-order valence-electron chi connectivity index (χ4n) is 6.65. The van der Waals surface area contributed by atoms with E-state index in [-0.39, 0.29) is 74.2 Å². The number of hydrogen-bond donors (Lipinski definition) is 7. The van der Waals surface area contributed by atoms with E-state index in [9.17, 15) is 38.4 Å². The number of aliphatic carboxylic acids is 2. The van der Waals surface area contributed by atoms with Crippen molar-refractivity contribution in [2.45, 2.75) is 124 Å². The van der Waals surface area contributed by atoms with Gasteiger partial charge in [0.05, 0.1) is 24.2 Å². The standard InChI is InChI=1S/C21H30N4O8S.C10H16N2O3S/c26-14-8-9-15(27)25(14)33-17(30)7-2-1-5-11-22-19(31)21(10-4-3-6-16(28)29)18-13(12-34-21)23-20(32)24-18;13-8(14)4-2-1-3-7-9-6(5-16-7)11-10(15)12-9/h13,18H,1-12H2,(H,22,31)(H,28,29)(H2,23,24,32);6-7,9H,1-5H2,(H,13,14)(H2,11,12,15)/t13-,18-,21-;6-,7-,9-/m00/s1. The number of nitrogens with one attached hydrogen (secondary N) is 5. The highest BCUT2D eigenvalue weighted by molar-refractivity contribution is 8.01. The minimum atomic E-state index is -0.881. The van der Waals surface area contributed by atoms with Crippen LogP contribution in [-0.2, 0) is 33.6 Å². The number of thioether (sulfide) groups is 2. The van der Waals surface area contributed by atoms with Gasteiger partial charge in [0, 0.05) is 55.4 Å². The van der Waals surface area contributed by atoms with Crippen LogP contribution >= 0.6 is 23.5 Å². The number of carbonyl (C=O) groups is 8. The van der Waals surface area contributed by atoms with Gasteiger partial charge in [0.1, 0.15) is 4.75 Å². The molecule has 50 heavy (non-hydrogen) atoms. The number of amides is 7. The Morgan fingerprint density at radius 1 is 0.780 bits per heavy atom. The molecule has 0 spiro atoms. The van der Waals surface area contributed by atoms with Crippen LogP contribution in [0.2, 0.25) is 0 Å². The second-order valence-corrected chi connectivity index (χ2v) is 15.5. The minimum absolute atomic E-state index is 0.0313. The number of imide groups is 1. The first-order chi connectivity index (χ1) is 23.9. The van der Waals surface area contributed by atoms with Crippen LogP contribution in [0.4, 0.5) is 9.59 Å². The van der Waals surface area contributed by atoms with E-state index in [0.29, 0.717) is 61.1 Å². The van der Waals surface area contributed by atoms with Gasteiger partial charge in [-0.1, -0.05) is 19.3 Å². The van der Waals surface area contributed by atoms with Crippen molar-refractivity contribution in [2.75, 3.05) is 18.1 Å². The summed E-state index contributed by atoms with van der Waals surface area (Å²) in [5.74, 6) is -1.91. The molecule has 7 N–H and O–H groups in total. The zero-order valence-corrected chi connectivity index (χ0v) is 29.4. The average Bonchev–Trinajstić information content (AvgIpc) is 3.86. The van der Waals surface area contributed by atoms with Crippen LogP contribution in [-0.4, -0.2) is 115 Å². The molecule has 0 aromatic heterocycles. The van der Waals surface area contributed by atoms with E-state index in [1.54, 1.807) is 0 Å². The molecule has 0 saturated carbocycles. The van der Waals surface area contributed by atoms with Crippen LogP contribution in [0.5, 0.6) is 0 Å². The van der Waals surface area contributed by atoms with Crippen molar-refractivity contribution < 1.29 is 53.4 Å². The summed E-state index contributed by atoms with van der Waals surface area (Å²) in [6.45, 7) is 0.382. The van der Waals surface area contributed by atoms with Crippen LogP contribution in [0.25, 0.3) is 0 Å². The van der Waals surface area contributed by atoms with Gasteiger partial charge in [-0.25, -0.2) is 14.4 Å². The number of carboxylic acids is 2. The van der Waals surface area contributed by atoms with Crippen LogP contribution in [0, 0.1) is 0 Å². The van der Waals surface area contributed by atoms with Gasteiger partial charge < -0.3 is 41.6 Å². The number of nitrogens with zero attached hydrogens (tertiary/aromatic N) is 1. The monoisotopic (exact) mass is 742 g/mol. The molecule has 5 rings (SSSR count). The molecule has 0 aromatic rings. The van der Waals surface area contributed by atoms with Crippen molar-refractivity contribution in [1.82, 2.24) is 31.6 Å². The topological polar surface area (TPSA) is 250 Å². The summed E-state index contributed by atoms with van der Waals surface area (Å²) in [6, 6.07) is -0.374. The first kappa shape index (κ1) is 39.1. The number of rotatable bonds is 18. The van der Waals surface area contributed by atoms with Gasteiger partial charge in [-0.2, -0.15) is 11.8 Å². The summed E-state index contributed by atoms with van der Waals surface area (Å²) in [5.41, 5.74) is 0. The first-order valence-electron chi connectivity index (χ1n) is 17.1. The fraction of sp³-hybridized carbons (Fsp3) is 0.742. The normalized spacial score (nSPS) is 27.7. The van der Waals surface area contributed by atoms with Crippen molar-refractivity contribution in [1.29, 1.82) is 0 Å². The quantitative estimate of drug-likeness (QED) is 0.0594. The van der Waals surface area contributed by atoms with E-state index < -0.39 is 34.5 Å². The second-order valence-electron chi connectivity index (χ2n) is 12.9. The highest BCUT2D eigenvalue weighted by Gasteiger charge is 2.57. The third-order valence-electron chi connectivity index (χ3n) is 9.21. The number of hydrogen-bond acceptors (Lipinski definition) is 11. The summed E-state index contributed by atoms with van der Waals surface area (Å²) in [6.07, 6.45) is 6.23. The largest absolute Gasteiger partial charge is 0.481 e. The zero-order valence-electron chi connectivity index (χ0n) is 27.7. The lowest BCUT2D eigenvalue weighted by atomic mass is 9.88. The lowest BCUT2D eigenvalue weighted by Crippen LogP contribution is -2.56. The Hall–Kier alpha value is -3.74. The third kappa shape index (κ3) is 10.6. The molecule has 0 unspecified atom stereocenters. The average molecular weight is 743 g/mol. The maximum Gasteiger partial charge on any atom is 0.333 e. The van der Waals surface area contributed by atoms with Crippen molar-refractivity contribution in [3.8, 4) is 0 Å². The Bertz CT molecular complexity index is 1310. The predicted molar refractivity (Wildman–Crippen MR) is 181 cm³/mol. The van der Waals surface area contributed by atoms with Crippen molar-refractivity contribution >= 4 is 71.2 Å². The lowest BCUT2D eigenvalue weighted by Gasteiger charge is -2.32. The maximum atomic E-state index is 13.2. The molecule has 17 nitrogen and oxygen atoms in total. The SMILES string of the molecule is O=C(O)CCCC[C@@H]1SC[C@@H]2NC(=O)N[C@@H]21.O=C(O)CCCC[C@]1(C(=O)NCCCCCC(=O)ON2C(=O)CCC2=O)SC[C@@H]2NC(=O)N[C@@H]21. The summed E-state index contributed by atoms with van der Waals surface area (Å²) >= 11 is 3.35. The fourth-order valence-corrected chi connectivity index (χ4v) is 9.84. The molecule has 0 aromatic carbocycles. The summed E-state index contributed by atoms with van der Waals surface area (Å²) in [5, 5.41) is 32.8. The highest BCUT2D eigenvalue weighted by Crippen LogP contribution is 2.44. The number of fused-ring (bicyclic) bond motifs is 2. The Morgan fingerprint density at radius 3 is 2.12 bits per heavy atom. The molecule has 5 heterocycles. The smallest absolute Gasteiger partial charge is 0.333 e. The Morgan fingerprint density at radius 2 is 1.42 bits per heavy atom. The molecule has 0 bridgehead atoms. The number of carboxylic acid groups (broad SMARTS) is 2. The Balaban J connectivity index is 0.000000291. The lowest BCUT2D eigenvalue weighted by molar-refractivity contribution is -0.197. The molecule has 7 amide bonds. The van der Waals surface area contributed by atoms with Gasteiger partial charge in [-0.3, -0.25) is 24.0 Å². The molecule has 5 fully saturated rings. The van der Waals surface area contributed by atoms with Gasteiger partial charge in [0.15, 0.2) is 0 Å². The van der Waals surface area contributed by atoms with Crippen LogP contribution in [0.3, 0.4) is 0 Å². The second kappa shape index (κ2) is 18.5. The van der Waals surface area contributed by atoms with Gasteiger partial charge in [-0.15, -0.1) is 16.8 Å². The molecule has 0 aliphatic carbocycles. The summed E-state index contributed by atoms with van der Waals surface area (Å²) in [4.78, 5) is 96.8. The highest BCUT2D eigenvalue weighted by atomic mass is 32.2. The molecule has 6 atom stereocenters. The molecule has 0 radical (unpaired) electrons. The van der Waals surface area contributed by atoms with E-state index in [1.165, 1.54) is 11.8 Å².